The molecule has 126 valence electrons. The summed E-state index contributed by atoms with van der Waals surface area (Å²) >= 11 is 0. The van der Waals surface area contributed by atoms with Crippen molar-refractivity contribution in [3.05, 3.63) is 95.8 Å². The van der Waals surface area contributed by atoms with Crippen molar-refractivity contribution < 1.29 is 0 Å². The zero-order valence-electron chi connectivity index (χ0n) is 14.6. The first kappa shape index (κ1) is 14.5. The van der Waals surface area contributed by atoms with Crippen LogP contribution in [0.4, 0.5) is 0 Å². The van der Waals surface area contributed by atoms with E-state index in [1.54, 1.807) is 0 Å². The van der Waals surface area contributed by atoms with Crippen LogP contribution in [0, 0.1) is 0 Å². The molecule has 1 N–H and O–H groups in total. The third-order valence-electron chi connectivity index (χ3n) is 5.41. The minimum Gasteiger partial charge on any atom is -0.361 e. The zero-order valence-corrected chi connectivity index (χ0v) is 14.6. The second-order valence-corrected chi connectivity index (χ2v) is 7.06. The van der Waals surface area contributed by atoms with Gasteiger partial charge in [-0.2, -0.15) is 0 Å². The topological polar surface area (TPSA) is 28.1 Å². The lowest BCUT2D eigenvalue weighted by molar-refractivity contribution is 1.39. The Balaban J connectivity index is 1.54. The fourth-order valence-electron chi connectivity index (χ4n) is 4.01. The second-order valence-electron chi connectivity index (χ2n) is 7.06. The van der Waals surface area contributed by atoms with Gasteiger partial charge in [-0.25, -0.2) is 0 Å². The summed E-state index contributed by atoms with van der Waals surface area (Å²) in [6, 6.07) is 25.9. The van der Waals surface area contributed by atoms with E-state index >= 15 is 0 Å². The predicted molar refractivity (Wildman–Crippen MR) is 115 cm³/mol. The number of hydrogen-bond donors (Lipinski definition) is 1. The van der Waals surface area contributed by atoms with Crippen LogP contribution in [0.1, 0.15) is 16.8 Å². The average molecular weight is 344 g/mol. The van der Waals surface area contributed by atoms with Gasteiger partial charge in [0, 0.05) is 40.0 Å². The number of aromatic amines is 1. The molecule has 0 unspecified atom stereocenters. The van der Waals surface area contributed by atoms with Crippen LogP contribution in [-0.2, 0) is 0 Å². The largest absolute Gasteiger partial charge is 0.361 e. The first-order chi connectivity index (χ1) is 13.3. The normalized spacial score (nSPS) is 14.6. The quantitative estimate of drug-likeness (QED) is 0.364. The number of aliphatic imine (C=N–C) groups is 1. The highest BCUT2D eigenvalue weighted by molar-refractivity contribution is 6.08. The number of hydrogen-bond acceptors (Lipinski definition) is 1. The molecule has 1 aromatic heterocycles. The SMILES string of the molecule is C1=NC(=Cc2[nH]cc3cc4ccccc4cc23)c2cc3ccccc3cc21. The maximum Gasteiger partial charge on any atom is 0.0729 e. The molecule has 1 aliphatic heterocycles. The van der Waals surface area contributed by atoms with Gasteiger partial charge >= 0.3 is 0 Å². The molecule has 2 heterocycles. The highest BCUT2D eigenvalue weighted by Crippen LogP contribution is 2.33. The standard InChI is InChI=1S/C25H16N2/c1-3-7-18-11-22-20(9-16(18)5-1)14-26-24(22)13-25-23-12-19-8-4-2-6-17(19)10-21(23)15-27-25/h1-15,26H. The van der Waals surface area contributed by atoms with Crippen LogP contribution in [0.3, 0.4) is 0 Å². The Morgan fingerprint density at radius 3 is 2.15 bits per heavy atom. The van der Waals surface area contributed by atoms with Crippen LogP contribution < -0.4 is 0 Å². The fourth-order valence-corrected chi connectivity index (χ4v) is 4.01. The number of H-pyrrole nitrogens is 1. The van der Waals surface area contributed by atoms with Gasteiger partial charge in [-0.15, -0.1) is 0 Å². The van der Waals surface area contributed by atoms with Crippen molar-refractivity contribution in [2.45, 2.75) is 0 Å². The fraction of sp³-hybridized carbons (Fsp3) is 0. The number of fused-ring (bicyclic) bond motifs is 4. The van der Waals surface area contributed by atoms with E-state index in [0.717, 1.165) is 11.4 Å². The van der Waals surface area contributed by atoms with E-state index in [-0.39, 0.29) is 0 Å². The third-order valence-corrected chi connectivity index (χ3v) is 5.41. The molecule has 0 radical (unpaired) electrons. The van der Waals surface area contributed by atoms with E-state index in [1.807, 2.05) is 6.21 Å². The third kappa shape index (κ3) is 2.24. The van der Waals surface area contributed by atoms with E-state index in [2.05, 4.69) is 95.0 Å². The number of aromatic nitrogens is 1. The van der Waals surface area contributed by atoms with Crippen LogP contribution in [0.15, 0.2) is 84.0 Å². The van der Waals surface area contributed by atoms with Gasteiger partial charge in [-0.3, -0.25) is 4.99 Å². The molecular formula is C25H16N2. The van der Waals surface area contributed by atoms with Gasteiger partial charge in [-0.1, -0.05) is 48.5 Å². The molecule has 0 bridgehead atoms. The Bertz CT molecular complexity index is 1420. The van der Waals surface area contributed by atoms with Gasteiger partial charge in [0.05, 0.1) is 5.70 Å². The molecule has 2 nitrogen and oxygen atoms in total. The molecule has 2 heteroatoms. The zero-order chi connectivity index (χ0) is 17.8. The summed E-state index contributed by atoms with van der Waals surface area (Å²) in [6.45, 7) is 0. The number of nitrogens with one attached hydrogen (secondary N) is 1. The first-order valence-electron chi connectivity index (χ1n) is 9.14. The molecule has 0 saturated heterocycles. The van der Waals surface area contributed by atoms with Gasteiger partial charge in [0.25, 0.3) is 0 Å². The summed E-state index contributed by atoms with van der Waals surface area (Å²) in [7, 11) is 0. The lowest BCUT2D eigenvalue weighted by Gasteiger charge is -2.04. The van der Waals surface area contributed by atoms with E-state index < -0.39 is 0 Å². The molecule has 1 aliphatic rings. The molecule has 4 aromatic carbocycles. The van der Waals surface area contributed by atoms with Crippen LogP contribution >= 0.6 is 0 Å². The predicted octanol–water partition coefficient (Wildman–Crippen LogP) is 6.40. The summed E-state index contributed by atoms with van der Waals surface area (Å²) in [5.41, 5.74) is 4.48. The maximum atomic E-state index is 4.69. The van der Waals surface area contributed by atoms with Gasteiger partial charge < -0.3 is 4.98 Å². The monoisotopic (exact) mass is 344 g/mol. The highest BCUT2D eigenvalue weighted by Gasteiger charge is 2.14. The molecule has 5 aromatic rings. The lowest BCUT2D eigenvalue weighted by Crippen LogP contribution is -1.85. The summed E-state index contributed by atoms with van der Waals surface area (Å²) in [5.74, 6) is 0. The van der Waals surface area contributed by atoms with E-state index in [1.165, 1.54) is 43.4 Å². The Morgan fingerprint density at radius 2 is 1.37 bits per heavy atom. The smallest absolute Gasteiger partial charge is 0.0729 e. The highest BCUT2D eigenvalue weighted by atomic mass is 14.8. The van der Waals surface area contributed by atoms with Crippen molar-refractivity contribution in [3.8, 4) is 0 Å². The van der Waals surface area contributed by atoms with E-state index in [9.17, 15) is 0 Å². The molecule has 0 saturated carbocycles. The van der Waals surface area contributed by atoms with Crippen molar-refractivity contribution in [1.29, 1.82) is 0 Å². The van der Waals surface area contributed by atoms with Crippen molar-refractivity contribution in [2.24, 2.45) is 4.99 Å². The van der Waals surface area contributed by atoms with Gasteiger partial charge in [0.2, 0.25) is 0 Å². The van der Waals surface area contributed by atoms with Crippen LogP contribution in [-0.4, -0.2) is 11.2 Å². The Labute approximate surface area is 156 Å². The molecule has 27 heavy (non-hydrogen) atoms. The summed E-state index contributed by atoms with van der Waals surface area (Å²) in [5, 5.41) is 7.46. The van der Waals surface area contributed by atoms with Gasteiger partial charge in [0.1, 0.15) is 0 Å². The van der Waals surface area contributed by atoms with E-state index in [0.29, 0.717) is 0 Å². The first-order valence-corrected chi connectivity index (χ1v) is 9.14. The Hall–Kier alpha value is -3.65. The summed E-state index contributed by atoms with van der Waals surface area (Å²) in [4.78, 5) is 8.12. The van der Waals surface area contributed by atoms with Crippen LogP contribution in [0.2, 0.25) is 0 Å². The molecular weight excluding hydrogens is 328 g/mol. The van der Waals surface area contributed by atoms with Gasteiger partial charge in [0.15, 0.2) is 0 Å². The average Bonchev–Trinajstić information content (AvgIpc) is 3.28. The lowest BCUT2D eigenvalue weighted by atomic mass is 10.0. The number of nitrogens with zero attached hydrogens (tertiary/aromatic N) is 1. The van der Waals surface area contributed by atoms with Crippen molar-refractivity contribution in [3.63, 3.8) is 0 Å². The van der Waals surface area contributed by atoms with Crippen molar-refractivity contribution in [1.82, 2.24) is 4.98 Å². The summed E-state index contributed by atoms with van der Waals surface area (Å²) < 4.78 is 0. The molecule has 0 aliphatic carbocycles. The Kier molecular flexibility index (Phi) is 2.91. The van der Waals surface area contributed by atoms with Crippen molar-refractivity contribution in [2.75, 3.05) is 0 Å². The molecule has 6 rings (SSSR count). The maximum absolute atomic E-state index is 4.69. The molecule has 0 amide bonds. The van der Waals surface area contributed by atoms with Gasteiger partial charge in [-0.05, 0) is 51.9 Å². The second kappa shape index (κ2) is 5.42. The van der Waals surface area contributed by atoms with Crippen LogP contribution in [0.5, 0.6) is 0 Å². The molecule has 0 atom stereocenters. The minimum atomic E-state index is 1.01. The van der Waals surface area contributed by atoms with Crippen molar-refractivity contribution >= 4 is 50.3 Å². The molecule has 0 fully saturated rings. The number of rotatable bonds is 1. The number of benzene rings is 4. The van der Waals surface area contributed by atoms with E-state index in [4.69, 9.17) is 0 Å². The summed E-state index contributed by atoms with van der Waals surface area (Å²) in [6.07, 6.45) is 6.20. The Morgan fingerprint density at radius 1 is 0.704 bits per heavy atom. The molecule has 0 spiro atoms. The van der Waals surface area contributed by atoms with Crippen LogP contribution in [0.25, 0.3) is 44.1 Å². The minimum absolute atomic E-state index is 1.01.